The van der Waals surface area contributed by atoms with Crippen molar-refractivity contribution in [2.24, 2.45) is 0 Å². The third-order valence-corrected chi connectivity index (χ3v) is 4.11. The van der Waals surface area contributed by atoms with Gasteiger partial charge in [-0.15, -0.1) is 11.3 Å². The summed E-state index contributed by atoms with van der Waals surface area (Å²) < 4.78 is 5.11. The second kappa shape index (κ2) is 5.49. The van der Waals surface area contributed by atoms with Gasteiger partial charge >= 0.3 is 5.97 Å². The molecule has 18 heavy (non-hydrogen) atoms. The first-order chi connectivity index (χ1) is 8.63. The highest BCUT2D eigenvalue weighted by Gasteiger charge is 2.33. The Bertz CT molecular complexity index is 457. The number of hydrogen-bond donors (Lipinski definition) is 1. The Balaban J connectivity index is 2.17. The van der Waals surface area contributed by atoms with E-state index >= 15 is 0 Å². The van der Waals surface area contributed by atoms with Crippen LogP contribution in [0.25, 0.3) is 0 Å². The molecule has 98 valence electrons. The molecule has 1 aliphatic rings. The van der Waals surface area contributed by atoms with Crippen LogP contribution < -0.4 is 0 Å². The molecule has 2 rings (SSSR count). The number of carbonyl (C=O) groups is 2. The minimum absolute atomic E-state index is 0.0626. The number of morpholine rings is 1. The van der Waals surface area contributed by atoms with Crippen molar-refractivity contribution in [2.45, 2.75) is 19.4 Å². The Labute approximate surface area is 109 Å². The topological polar surface area (TPSA) is 66.8 Å². The monoisotopic (exact) mass is 269 g/mol. The van der Waals surface area contributed by atoms with E-state index in [4.69, 9.17) is 9.84 Å². The molecule has 5 nitrogen and oxygen atoms in total. The quantitative estimate of drug-likeness (QED) is 0.896. The molecule has 0 aromatic carbocycles. The van der Waals surface area contributed by atoms with Crippen LogP contribution in [0.15, 0.2) is 12.1 Å². The summed E-state index contributed by atoms with van der Waals surface area (Å²) in [5.74, 6) is -1.23. The van der Waals surface area contributed by atoms with Crippen LogP contribution in [0.1, 0.15) is 21.5 Å². The zero-order valence-electron chi connectivity index (χ0n) is 10.1. The lowest BCUT2D eigenvalue weighted by Crippen LogP contribution is -2.52. The zero-order chi connectivity index (χ0) is 13.1. The number of hydrogen-bond acceptors (Lipinski definition) is 4. The van der Waals surface area contributed by atoms with E-state index in [9.17, 15) is 9.59 Å². The highest BCUT2D eigenvalue weighted by Crippen LogP contribution is 2.21. The van der Waals surface area contributed by atoms with Crippen molar-refractivity contribution in [1.29, 1.82) is 0 Å². The lowest BCUT2D eigenvalue weighted by molar-refractivity contribution is -0.147. The predicted octanol–water partition coefficient (Wildman–Crippen LogP) is 1.24. The van der Waals surface area contributed by atoms with Gasteiger partial charge in [-0.3, -0.25) is 4.79 Å². The molecule has 1 amide bonds. The van der Waals surface area contributed by atoms with E-state index in [1.54, 1.807) is 6.07 Å². The molecule has 2 heterocycles. The summed E-state index contributed by atoms with van der Waals surface area (Å²) in [5, 5.41) is 9.09. The number of aryl methyl sites for hydroxylation is 1. The number of thiophene rings is 1. The van der Waals surface area contributed by atoms with E-state index in [1.165, 1.54) is 16.2 Å². The second-order valence-electron chi connectivity index (χ2n) is 4.05. The lowest BCUT2D eigenvalue weighted by Gasteiger charge is -2.32. The number of aliphatic carboxylic acids is 1. The number of rotatable bonds is 3. The molecule has 6 heteroatoms. The number of carboxylic acids is 1. The fourth-order valence-corrected chi connectivity index (χ4v) is 2.78. The first kappa shape index (κ1) is 13.0. The van der Waals surface area contributed by atoms with Crippen LogP contribution in [0.4, 0.5) is 0 Å². The average Bonchev–Trinajstić information content (AvgIpc) is 2.86. The number of ether oxygens (including phenoxy) is 1. The Morgan fingerprint density at radius 3 is 2.94 bits per heavy atom. The number of amides is 1. The van der Waals surface area contributed by atoms with Crippen molar-refractivity contribution < 1.29 is 19.4 Å². The van der Waals surface area contributed by atoms with Crippen molar-refractivity contribution in [1.82, 2.24) is 4.90 Å². The third kappa shape index (κ3) is 2.54. The Morgan fingerprint density at radius 1 is 1.56 bits per heavy atom. The molecule has 1 saturated heterocycles. The number of nitrogens with zero attached hydrogens (tertiary/aromatic N) is 1. The largest absolute Gasteiger partial charge is 0.480 e. The molecule has 0 saturated carbocycles. The molecule has 1 atom stereocenters. The normalized spacial score (nSPS) is 19.8. The minimum atomic E-state index is -1.02. The summed E-state index contributed by atoms with van der Waals surface area (Å²) in [5.41, 5.74) is 0. The molecule has 1 aliphatic heterocycles. The maximum absolute atomic E-state index is 12.3. The smallest absolute Gasteiger partial charge is 0.328 e. The van der Waals surface area contributed by atoms with Gasteiger partial charge in [0.05, 0.1) is 18.1 Å². The summed E-state index contributed by atoms with van der Waals surface area (Å²) in [6.07, 6.45) is 0.878. The van der Waals surface area contributed by atoms with Crippen LogP contribution in [0.2, 0.25) is 0 Å². The molecule has 1 fully saturated rings. The number of carboxylic acid groups (broad SMARTS) is 1. The van der Waals surface area contributed by atoms with Gasteiger partial charge in [-0.05, 0) is 18.6 Å². The Kier molecular flexibility index (Phi) is 3.98. The van der Waals surface area contributed by atoms with Crippen LogP contribution in [-0.4, -0.2) is 47.7 Å². The van der Waals surface area contributed by atoms with E-state index in [0.29, 0.717) is 18.0 Å². The molecule has 1 aromatic heterocycles. The molecule has 0 bridgehead atoms. The zero-order valence-corrected chi connectivity index (χ0v) is 10.9. The molecular weight excluding hydrogens is 254 g/mol. The van der Waals surface area contributed by atoms with E-state index in [0.717, 1.165) is 11.3 Å². The molecule has 1 unspecified atom stereocenters. The van der Waals surface area contributed by atoms with Gasteiger partial charge in [-0.25, -0.2) is 4.79 Å². The summed E-state index contributed by atoms with van der Waals surface area (Å²) in [6.45, 7) is 2.80. The van der Waals surface area contributed by atoms with Crippen molar-refractivity contribution in [3.8, 4) is 0 Å². The van der Waals surface area contributed by atoms with Crippen molar-refractivity contribution in [3.63, 3.8) is 0 Å². The molecule has 0 aliphatic carbocycles. The summed E-state index contributed by atoms with van der Waals surface area (Å²) in [7, 11) is 0. The van der Waals surface area contributed by atoms with Crippen LogP contribution >= 0.6 is 11.3 Å². The maximum atomic E-state index is 12.3. The Morgan fingerprint density at radius 2 is 2.33 bits per heavy atom. The van der Waals surface area contributed by atoms with E-state index < -0.39 is 12.0 Å². The lowest BCUT2D eigenvalue weighted by atomic mass is 10.2. The van der Waals surface area contributed by atoms with Crippen LogP contribution in [0.3, 0.4) is 0 Å². The first-order valence-electron chi connectivity index (χ1n) is 5.83. The van der Waals surface area contributed by atoms with Gasteiger partial charge in [0.1, 0.15) is 0 Å². The van der Waals surface area contributed by atoms with Crippen molar-refractivity contribution >= 4 is 23.2 Å². The fraction of sp³-hybridized carbons (Fsp3) is 0.500. The molecule has 1 aromatic rings. The predicted molar refractivity (Wildman–Crippen MR) is 67.0 cm³/mol. The van der Waals surface area contributed by atoms with E-state index in [1.807, 2.05) is 13.0 Å². The van der Waals surface area contributed by atoms with Crippen LogP contribution in [-0.2, 0) is 16.0 Å². The number of carbonyl (C=O) groups excluding carboxylic acids is 1. The van der Waals surface area contributed by atoms with Gasteiger partial charge in [0.15, 0.2) is 6.04 Å². The van der Waals surface area contributed by atoms with Crippen molar-refractivity contribution in [3.05, 3.63) is 21.9 Å². The minimum Gasteiger partial charge on any atom is -0.480 e. The van der Waals surface area contributed by atoms with E-state index in [2.05, 4.69) is 0 Å². The first-order valence-corrected chi connectivity index (χ1v) is 6.65. The molecular formula is C12H15NO4S. The van der Waals surface area contributed by atoms with Crippen molar-refractivity contribution in [2.75, 3.05) is 19.8 Å². The highest BCUT2D eigenvalue weighted by molar-refractivity contribution is 7.14. The summed E-state index contributed by atoms with van der Waals surface area (Å²) in [6, 6.07) is 2.80. The Hall–Kier alpha value is -1.40. The molecule has 1 N–H and O–H groups in total. The highest BCUT2D eigenvalue weighted by atomic mass is 32.1. The van der Waals surface area contributed by atoms with Gasteiger partial charge in [-0.1, -0.05) is 6.92 Å². The molecule has 0 radical (unpaired) electrons. The van der Waals surface area contributed by atoms with Gasteiger partial charge in [-0.2, -0.15) is 0 Å². The third-order valence-electron chi connectivity index (χ3n) is 2.90. The van der Waals surface area contributed by atoms with Gasteiger partial charge < -0.3 is 14.7 Å². The second-order valence-corrected chi connectivity index (χ2v) is 5.22. The van der Waals surface area contributed by atoms with E-state index in [-0.39, 0.29) is 12.5 Å². The molecule has 0 spiro atoms. The van der Waals surface area contributed by atoms with Crippen LogP contribution in [0.5, 0.6) is 0 Å². The van der Waals surface area contributed by atoms with Gasteiger partial charge in [0, 0.05) is 11.4 Å². The standard InChI is InChI=1S/C12H15NO4S/c1-2-8-3-4-10(18-8)11(14)13-5-6-17-7-9(13)12(15)16/h3-4,9H,2,5-7H2,1H3,(H,15,16). The SMILES string of the molecule is CCc1ccc(C(=O)N2CCOCC2C(=O)O)s1. The summed E-state index contributed by atoms with van der Waals surface area (Å²) >= 11 is 1.42. The van der Waals surface area contributed by atoms with Gasteiger partial charge in [0.2, 0.25) is 0 Å². The maximum Gasteiger partial charge on any atom is 0.328 e. The van der Waals surface area contributed by atoms with Crippen LogP contribution in [0, 0.1) is 0 Å². The fourth-order valence-electron chi connectivity index (χ4n) is 1.88. The van der Waals surface area contributed by atoms with Gasteiger partial charge in [0.25, 0.3) is 5.91 Å². The average molecular weight is 269 g/mol. The summed E-state index contributed by atoms with van der Waals surface area (Å²) in [4.78, 5) is 26.5.